The topological polar surface area (TPSA) is 99.6 Å². The quantitative estimate of drug-likeness (QED) is 0.599. The lowest BCUT2D eigenvalue weighted by molar-refractivity contribution is -0.149. The van der Waals surface area contributed by atoms with E-state index in [4.69, 9.17) is 0 Å². The second-order valence-corrected chi connectivity index (χ2v) is 10.8. The van der Waals surface area contributed by atoms with E-state index >= 15 is 0 Å². The van der Waals surface area contributed by atoms with Crippen molar-refractivity contribution in [2.24, 2.45) is 0 Å². The Morgan fingerprint density at radius 3 is 2.44 bits per heavy atom. The largest absolute Gasteiger partial charge is 0.381 e. The number of amides is 1. The molecule has 0 unspecified atom stereocenters. The molecule has 0 saturated carbocycles. The highest BCUT2D eigenvalue weighted by Crippen LogP contribution is 2.37. The van der Waals surface area contributed by atoms with Crippen molar-refractivity contribution in [2.75, 3.05) is 12.8 Å². The summed E-state index contributed by atoms with van der Waals surface area (Å²) >= 11 is 1.01. The van der Waals surface area contributed by atoms with E-state index in [1.54, 1.807) is 0 Å². The number of benzene rings is 1. The fourth-order valence-electron chi connectivity index (χ4n) is 3.53. The molecule has 2 heterocycles. The van der Waals surface area contributed by atoms with Gasteiger partial charge in [-0.2, -0.15) is 0 Å². The highest BCUT2D eigenvalue weighted by atomic mass is 32.2. The normalized spacial score (nSPS) is 21.2. The highest BCUT2D eigenvalue weighted by Gasteiger charge is 2.58. The number of hydrogen-bond acceptors (Lipinski definition) is 6. The minimum atomic E-state index is -4.07. The zero-order valence-corrected chi connectivity index (χ0v) is 18.9. The van der Waals surface area contributed by atoms with Gasteiger partial charge in [0.25, 0.3) is 11.8 Å². The zero-order valence-electron chi connectivity index (χ0n) is 17.3. The molecule has 176 valence electrons. The number of carbonyl (C=O) groups excluding carboxylic acids is 1. The standard InChI is InChI=1S/C19H21F4N3O4S2/c1-18(2,28)17(27)26-9-19(22,23)15(25-32(3,29)30)14(26)7-13-8-31-16(24-13)10-4-11(20)6-12(21)5-10/h4-6,8,14-15,25,28H,7,9H2,1-3H3/t14-,15+/m0/s1. The van der Waals surface area contributed by atoms with Crippen molar-refractivity contribution < 1.29 is 35.9 Å². The number of nitrogens with zero attached hydrogens (tertiary/aromatic N) is 2. The molecule has 1 aromatic heterocycles. The van der Waals surface area contributed by atoms with Crippen molar-refractivity contribution in [2.45, 2.75) is 43.9 Å². The Kier molecular flexibility index (Phi) is 6.41. The van der Waals surface area contributed by atoms with Crippen molar-refractivity contribution in [3.63, 3.8) is 0 Å². The third kappa shape index (κ3) is 5.45. The third-order valence-corrected chi connectivity index (χ3v) is 6.45. The van der Waals surface area contributed by atoms with E-state index in [1.165, 1.54) is 5.38 Å². The van der Waals surface area contributed by atoms with Crippen LogP contribution in [0.5, 0.6) is 0 Å². The summed E-state index contributed by atoms with van der Waals surface area (Å²) in [6.07, 6.45) is 0.443. The van der Waals surface area contributed by atoms with E-state index in [0.29, 0.717) is 6.07 Å². The summed E-state index contributed by atoms with van der Waals surface area (Å²) in [4.78, 5) is 17.6. The summed E-state index contributed by atoms with van der Waals surface area (Å²) in [6.45, 7) is 1.18. The lowest BCUT2D eigenvalue weighted by atomic mass is 10.0. The second kappa shape index (κ2) is 8.36. The van der Waals surface area contributed by atoms with Crippen molar-refractivity contribution in [1.82, 2.24) is 14.6 Å². The number of carbonyl (C=O) groups is 1. The number of rotatable bonds is 6. The Hall–Kier alpha value is -2.09. The van der Waals surface area contributed by atoms with Crippen LogP contribution >= 0.6 is 11.3 Å². The first-order valence-corrected chi connectivity index (χ1v) is 12.1. The maximum atomic E-state index is 14.7. The lowest BCUT2D eigenvalue weighted by Gasteiger charge is -2.31. The molecule has 1 aliphatic heterocycles. The van der Waals surface area contributed by atoms with Gasteiger partial charge in [-0.25, -0.2) is 35.7 Å². The first kappa shape index (κ1) is 24.6. The maximum Gasteiger partial charge on any atom is 0.283 e. The molecular formula is C19H21F4N3O4S2. The Morgan fingerprint density at radius 2 is 1.91 bits per heavy atom. The van der Waals surface area contributed by atoms with Crippen LogP contribution < -0.4 is 4.72 Å². The van der Waals surface area contributed by atoms with Gasteiger partial charge in [0.2, 0.25) is 10.0 Å². The number of aliphatic hydroxyl groups is 1. The first-order chi connectivity index (χ1) is 14.6. The van der Waals surface area contributed by atoms with E-state index in [-0.39, 0.29) is 22.7 Å². The van der Waals surface area contributed by atoms with E-state index in [2.05, 4.69) is 4.98 Å². The average Bonchev–Trinajstić information content (AvgIpc) is 3.16. The molecular weight excluding hydrogens is 474 g/mol. The SMILES string of the molecule is CC(C)(O)C(=O)N1CC(F)(F)[C@H](NS(C)(=O)=O)[C@@H]1Cc1csc(-c2cc(F)cc(F)c2)n1. The molecule has 1 aromatic carbocycles. The molecule has 0 bridgehead atoms. The van der Waals surface area contributed by atoms with Crippen LogP contribution in [-0.4, -0.2) is 65.7 Å². The molecule has 0 spiro atoms. The summed E-state index contributed by atoms with van der Waals surface area (Å²) in [7, 11) is -4.07. The molecule has 13 heteroatoms. The van der Waals surface area contributed by atoms with Gasteiger partial charge in [0, 0.05) is 23.4 Å². The summed E-state index contributed by atoms with van der Waals surface area (Å²) in [5.74, 6) is -6.24. The maximum absolute atomic E-state index is 14.7. The van der Waals surface area contributed by atoms with Gasteiger partial charge in [0.05, 0.1) is 24.5 Å². The fourth-order valence-corrected chi connectivity index (χ4v) is 5.14. The van der Waals surface area contributed by atoms with Gasteiger partial charge in [0.15, 0.2) is 0 Å². The van der Waals surface area contributed by atoms with Gasteiger partial charge in [-0.15, -0.1) is 11.3 Å². The molecule has 3 rings (SSSR count). The van der Waals surface area contributed by atoms with Gasteiger partial charge >= 0.3 is 0 Å². The molecule has 1 amide bonds. The Balaban J connectivity index is 1.97. The molecule has 0 radical (unpaired) electrons. The van der Waals surface area contributed by atoms with Crippen LogP contribution in [0, 0.1) is 11.6 Å². The first-order valence-electron chi connectivity index (χ1n) is 9.36. The Bertz CT molecular complexity index is 1110. The van der Waals surface area contributed by atoms with Crippen LogP contribution in [0.3, 0.4) is 0 Å². The van der Waals surface area contributed by atoms with Crippen LogP contribution in [-0.2, 0) is 21.2 Å². The molecule has 7 nitrogen and oxygen atoms in total. The van der Waals surface area contributed by atoms with Crippen LogP contribution in [0.15, 0.2) is 23.6 Å². The fraction of sp³-hybridized carbons (Fsp3) is 0.474. The van der Waals surface area contributed by atoms with E-state index in [0.717, 1.165) is 48.5 Å². The lowest BCUT2D eigenvalue weighted by Crippen LogP contribution is -2.54. The smallest absolute Gasteiger partial charge is 0.283 e. The predicted molar refractivity (Wildman–Crippen MR) is 110 cm³/mol. The van der Waals surface area contributed by atoms with Gasteiger partial charge < -0.3 is 10.0 Å². The third-order valence-electron chi connectivity index (χ3n) is 4.83. The number of thiazole rings is 1. The Labute approximate surface area is 186 Å². The molecule has 32 heavy (non-hydrogen) atoms. The number of nitrogens with one attached hydrogen (secondary N) is 1. The van der Waals surface area contributed by atoms with Crippen molar-refractivity contribution in [3.05, 3.63) is 40.9 Å². The molecule has 0 aliphatic carbocycles. The summed E-state index contributed by atoms with van der Waals surface area (Å²) in [5, 5.41) is 11.8. The number of halogens is 4. The molecule has 1 fully saturated rings. The van der Waals surface area contributed by atoms with Crippen molar-refractivity contribution in [3.8, 4) is 10.6 Å². The van der Waals surface area contributed by atoms with Gasteiger partial charge in [-0.1, -0.05) is 0 Å². The average molecular weight is 496 g/mol. The van der Waals surface area contributed by atoms with Gasteiger partial charge in [-0.3, -0.25) is 4.79 Å². The van der Waals surface area contributed by atoms with Gasteiger partial charge in [0.1, 0.15) is 28.3 Å². The van der Waals surface area contributed by atoms with Gasteiger partial charge in [-0.05, 0) is 26.0 Å². The number of aromatic nitrogens is 1. The number of alkyl halides is 2. The number of sulfonamides is 1. The minimum Gasteiger partial charge on any atom is -0.381 e. The monoisotopic (exact) mass is 495 g/mol. The highest BCUT2D eigenvalue weighted by molar-refractivity contribution is 7.88. The predicted octanol–water partition coefficient (Wildman–Crippen LogP) is 2.17. The molecule has 1 aliphatic rings. The molecule has 1 saturated heterocycles. The summed E-state index contributed by atoms with van der Waals surface area (Å²) in [6, 6.07) is -0.500. The number of hydrogen-bond donors (Lipinski definition) is 2. The van der Waals surface area contributed by atoms with E-state index < -0.39 is 57.7 Å². The van der Waals surface area contributed by atoms with Crippen LogP contribution in [0.1, 0.15) is 19.5 Å². The second-order valence-electron chi connectivity index (χ2n) is 8.19. The molecule has 2 aromatic rings. The van der Waals surface area contributed by atoms with Crippen molar-refractivity contribution in [1.29, 1.82) is 0 Å². The van der Waals surface area contributed by atoms with Crippen molar-refractivity contribution >= 4 is 27.3 Å². The summed E-state index contributed by atoms with van der Waals surface area (Å²) in [5.41, 5.74) is -1.61. The van der Waals surface area contributed by atoms with E-state index in [1.807, 2.05) is 4.72 Å². The Morgan fingerprint density at radius 1 is 1.31 bits per heavy atom. The van der Waals surface area contributed by atoms with E-state index in [9.17, 15) is 35.9 Å². The van der Waals surface area contributed by atoms with Crippen LogP contribution in [0.2, 0.25) is 0 Å². The van der Waals surface area contributed by atoms with Crippen LogP contribution in [0.25, 0.3) is 10.6 Å². The number of likely N-dealkylation sites (tertiary alicyclic amines) is 1. The summed E-state index contributed by atoms with van der Waals surface area (Å²) < 4.78 is 81.8. The molecule has 2 N–H and O–H groups in total. The molecule has 2 atom stereocenters. The zero-order chi connectivity index (χ0) is 24.1. The minimum absolute atomic E-state index is 0.144. The van der Waals surface area contributed by atoms with Crippen LogP contribution in [0.4, 0.5) is 17.6 Å².